The Labute approximate surface area is 115 Å². The van der Waals surface area contributed by atoms with Gasteiger partial charge in [0.25, 0.3) is 0 Å². The van der Waals surface area contributed by atoms with Crippen LogP contribution in [-0.4, -0.2) is 51.1 Å². The number of carbonyl (C=O) groups excluding carboxylic acids is 1. The second-order valence-corrected chi connectivity index (χ2v) is 5.81. The summed E-state index contributed by atoms with van der Waals surface area (Å²) < 4.78 is 0. The Morgan fingerprint density at radius 2 is 2.37 bits per heavy atom. The molecule has 1 aromatic heterocycles. The molecule has 19 heavy (non-hydrogen) atoms. The first-order valence-corrected chi connectivity index (χ1v) is 6.98. The summed E-state index contributed by atoms with van der Waals surface area (Å²) in [5.41, 5.74) is 0.0844. The Morgan fingerprint density at radius 1 is 1.58 bits per heavy atom. The molecule has 102 valence electrons. The molecule has 1 aliphatic rings. The molecule has 0 aromatic carbocycles. The van der Waals surface area contributed by atoms with Crippen molar-refractivity contribution in [3.63, 3.8) is 0 Å². The van der Waals surface area contributed by atoms with E-state index < -0.39 is 5.97 Å². The first kappa shape index (κ1) is 13.7. The number of carboxylic acid groups (broad SMARTS) is 1. The lowest BCUT2D eigenvalue weighted by Gasteiger charge is -2.30. The normalized spacial score (nSPS) is 19.0. The lowest BCUT2D eigenvalue weighted by molar-refractivity contribution is 0.0691. The van der Waals surface area contributed by atoms with E-state index in [-0.39, 0.29) is 17.4 Å². The van der Waals surface area contributed by atoms with Gasteiger partial charge in [0.05, 0.1) is 5.69 Å². The molecule has 0 aliphatic carbocycles. The van der Waals surface area contributed by atoms with Crippen molar-refractivity contribution in [1.29, 1.82) is 0 Å². The highest BCUT2D eigenvalue weighted by molar-refractivity contribution is 7.99. The molecule has 2 amide bonds. The number of hydrogen-bond donors (Lipinski definition) is 2. The van der Waals surface area contributed by atoms with Gasteiger partial charge in [-0.3, -0.25) is 0 Å². The van der Waals surface area contributed by atoms with Crippen LogP contribution in [0, 0.1) is 0 Å². The van der Waals surface area contributed by atoms with Crippen LogP contribution in [0.1, 0.15) is 17.4 Å². The Balaban J connectivity index is 2.08. The molecule has 2 N–H and O–H groups in total. The lowest BCUT2D eigenvalue weighted by atomic mass is 10.3. The molecular formula is C12H15N3O3S. The van der Waals surface area contributed by atoms with Crippen molar-refractivity contribution in [2.75, 3.05) is 24.2 Å². The Bertz CT molecular complexity index is 495. The summed E-state index contributed by atoms with van der Waals surface area (Å²) in [5.74, 6) is -0.258. The van der Waals surface area contributed by atoms with Gasteiger partial charge in [-0.15, -0.1) is 0 Å². The Kier molecular flexibility index (Phi) is 4.26. The SMILES string of the molecule is CC1CN(C(=O)Nc2cccnc2C(=O)O)CCS1. The molecule has 1 aromatic rings. The van der Waals surface area contributed by atoms with E-state index in [9.17, 15) is 9.59 Å². The molecule has 1 atom stereocenters. The molecular weight excluding hydrogens is 266 g/mol. The van der Waals surface area contributed by atoms with Crippen molar-refractivity contribution in [1.82, 2.24) is 9.88 Å². The Morgan fingerprint density at radius 3 is 3.05 bits per heavy atom. The number of pyridine rings is 1. The fourth-order valence-corrected chi connectivity index (χ4v) is 2.89. The number of nitrogens with zero attached hydrogens (tertiary/aromatic N) is 2. The number of aromatic nitrogens is 1. The molecule has 1 saturated heterocycles. The van der Waals surface area contributed by atoms with Gasteiger partial charge >= 0.3 is 12.0 Å². The fourth-order valence-electron chi connectivity index (χ4n) is 1.87. The maximum atomic E-state index is 12.1. The summed E-state index contributed by atoms with van der Waals surface area (Å²) >= 11 is 1.83. The predicted octanol–water partition coefficient (Wildman–Crippen LogP) is 1.75. The number of amides is 2. The highest BCUT2D eigenvalue weighted by Gasteiger charge is 2.22. The van der Waals surface area contributed by atoms with Gasteiger partial charge in [-0.1, -0.05) is 6.92 Å². The molecule has 0 spiro atoms. The van der Waals surface area contributed by atoms with E-state index in [0.717, 1.165) is 5.75 Å². The number of nitrogens with one attached hydrogen (secondary N) is 1. The van der Waals surface area contributed by atoms with Crippen LogP contribution in [0.5, 0.6) is 0 Å². The third-order valence-corrected chi connectivity index (χ3v) is 3.92. The van der Waals surface area contributed by atoms with Gasteiger partial charge in [0.1, 0.15) is 0 Å². The number of carbonyl (C=O) groups is 2. The van der Waals surface area contributed by atoms with Gasteiger partial charge in [0, 0.05) is 30.3 Å². The van der Waals surface area contributed by atoms with Crippen molar-refractivity contribution >= 4 is 29.4 Å². The van der Waals surface area contributed by atoms with Crippen LogP contribution in [-0.2, 0) is 0 Å². The monoisotopic (exact) mass is 281 g/mol. The molecule has 0 radical (unpaired) electrons. The summed E-state index contributed by atoms with van der Waals surface area (Å²) in [7, 11) is 0. The van der Waals surface area contributed by atoms with E-state index >= 15 is 0 Å². The number of carboxylic acids is 1. The molecule has 1 aliphatic heterocycles. The average Bonchev–Trinajstić information content (AvgIpc) is 2.39. The standard InChI is InChI=1S/C12H15N3O3S/c1-8-7-15(5-6-19-8)12(18)14-9-3-2-4-13-10(9)11(16)17/h2-4,8H,5-7H2,1H3,(H,14,18)(H,16,17). The molecule has 7 heteroatoms. The van der Waals surface area contributed by atoms with Gasteiger partial charge in [-0.25, -0.2) is 14.6 Å². The second-order valence-electron chi connectivity index (χ2n) is 4.26. The third kappa shape index (κ3) is 3.37. The van der Waals surface area contributed by atoms with Gasteiger partial charge in [-0.05, 0) is 12.1 Å². The van der Waals surface area contributed by atoms with Gasteiger partial charge in [-0.2, -0.15) is 11.8 Å². The summed E-state index contributed by atoms with van der Waals surface area (Å²) in [6, 6.07) is 2.86. The maximum absolute atomic E-state index is 12.1. The number of aromatic carboxylic acids is 1. The van der Waals surface area contributed by atoms with Crippen molar-refractivity contribution in [3.05, 3.63) is 24.0 Å². The zero-order valence-electron chi connectivity index (χ0n) is 10.5. The zero-order chi connectivity index (χ0) is 13.8. The van der Waals surface area contributed by atoms with Crippen molar-refractivity contribution in [2.24, 2.45) is 0 Å². The number of thioether (sulfide) groups is 1. The first-order valence-electron chi connectivity index (χ1n) is 5.94. The molecule has 0 saturated carbocycles. The largest absolute Gasteiger partial charge is 0.476 e. The highest BCUT2D eigenvalue weighted by atomic mass is 32.2. The molecule has 0 bridgehead atoms. The van der Waals surface area contributed by atoms with E-state index in [1.165, 1.54) is 12.3 Å². The third-order valence-electron chi connectivity index (χ3n) is 2.78. The summed E-state index contributed by atoms with van der Waals surface area (Å²) in [5, 5.41) is 12.0. The van der Waals surface area contributed by atoms with Gasteiger partial charge in [0.15, 0.2) is 5.69 Å². The van der Waals surface area contributed by atoms with E-state index in [1.54, 1.807) is 11.0 Å². The van der Waals surface area contributed by atoms with Crippen LogP contribution >= 0.6 is 11.8 Å². The predicted molar refractivity (Wildman–Crippen MR) is 73.7 cm³/mol. The minimum absolute atomic E-state index is 0.143. The summed E-state index contributed by atoms with van der Waals surface area (Å²) in [4.78, 5) is 28.5. The van der Waals surface area contributed by atoms with E-state index in [1.807, 2.05) is 11.8 Å². The molecule has 2 heterocycles. The van der Waals surface area contributed by atoms with Crippen LogP contribution < -0.4 is 5.32 Å². The van der Waals surface area contributed by atoms with Crippen molar-refractivity contribution in [3.8, 4) is 0 Å². The summed E-state index contributed by atoms with van der Waals surface area (Å²) in [6.07, 6.45) is 1.39. The number of hydrogen-bond acceptors (Lipinski definition) is 4. The van der Waals surface area contributed by atoms with Crippen LogP contribution in [0.2, 0.25) is 0 Å². The van der Waals surface area contributed by atoms with E-state index in [0.29, 0.717) is 18.3 Å². The van der Waals surface area contributed by atoms with Crippen LogP contribution in [0.25, 0.3) is 0 Å². The lowest BCUT2D eigenvalue weighted by Crippen LogP contribution is -2.43. The molecule has 6 nitrogen and oxygen atoms in total. The van der Waals surface area contributed by atoms with Gasteiger partial charge < -0.3 is 15.3 Å². The average molecular weight is 281 g/mol. The topological polar surface area (TPSA) is 82.5 Å². The Hall–Kier alpha value is -1.76. The first-order chi connectivity index (χ1) is 9.08. The van der Waals surface area contributed by atoms with Crippen LogP contribution in [0.3, 0.4) is 0 Å². The smallest absolute Gasteiger partial charge is 0.356 e. The minimum Gasteiger partial charge on any atom is -0.476 e. The maximum Gasteiger partial charge on any atom is 0.356 e. The summed E-state index contributed by atoms with van der Waals surface area (Å²) in [6.45, 7) is 3.40. The molecule has 2 rings (SSSR count). The zero-order valence-corrected chi connectivity index (χ0v) is 11.3. The van der Waals surface area contributed by atoms with Gasteiger partial charge in [0.2, 0.25) is 0 Å². The molecule has 1 unspecified atom stereocenters. The van der Waals surface area contributed by atoms with Crippen LogP contribution in [0.15, 0.2) is 18.3 Å². The quantitative estimate of drug-likeness (QED) is 0.863. The fraction of sp³-hybridized carbons (Fsp3) is 0.417. The van der Waals surface area contributed by atoms with Crippen LogP contribution in [0.4, 0.5) is 10.5 Å². The second kappa shape index (κ2) is 5.92. The number of anilines is 1. The minimum atomic E-state index is -1.15. The molecule has 1 fully saturated rings. The van der Waals surface area contributed by atoms with E-state index in [2.05, 4.69) is 17.2 Å². The van der Waals surface area contributed by atoms with E-state index in [4.69, 9.17) is 5.11 Å². The number of rotatable bonds is 2. The van der Waals surface area contributed by atoms with Crippen molar-refractivity contribution in [2.45, 2.75) is 12.2 Å². The van der Waals surface area contributed by atoms with Crippen molar-refractivity contribution < 1.29 is 14.7 Å². The highest BCUT2D eigenvalue weighted by Crippen LogP contribution is 2.19. The number of urea groups is 1.